The fraction of sp³-hybridized carbons (Fsp3) is 0.524. The minimum absolute atomic E-state index is 0.0431. The Morgan fingerprint density at radius 2 is 2.00 bits per heavy atom. The van der Waals surface area contributed by atoms with Crippen LogP contribution in [0.2, 0.25) is 0 Å². The molecule has 2 aromatic rings. The molecule has 3 aliphatic heterocycles. The molecule has 3 aliphatic rings. The minimum atomic E-state index is -0.803. The SMILES string of the molecule is CC1=C(N2CCOC3(CCN(CCc4ccc(-n5cnnn5)nc4)CC3)C2=O)COC1=O. The fourth-order valence-corrected chi connectivity index (χ4v) is 4.50. The molecule has 1 spiro atoms. The molecule has 2 saturated heterocycles. The Hall–Kier alpha value is -3.18. The van der Waals surface area contributed by atoms with Crippen LogP contribution in [0.25, 0.3) is 5.82 Å². The Kier molecular flexibility index (Phi) is 5.43. The number of tetrazole rings is 1. The van der Waals surface area contributed by atoms with Crippen LogP contribution in [0.3, 0.4) is 0 Å². The van der Waals surface area contributed by atoms with Gasteiger partial charge in [0.25, 0.3) is 5.91 Å². The zero-order chi connectivity index (χ0) is 22.1. The average molecular weight is 439 g/mol. The van der Waals surface area contributed by atoms with Gasteiger partial charge in [-0.15, -0.1) is 5.10 Å². The van der Waals surface area contributed by atoms with Gasteiger partial charge in [0, 0.05) is 32.4 Å². The van der Waals surface area contributed by atoms with Gasteiger partial charge >= 0.3 is 5.97 Å². The molecule has 2 fully saturated rings. The van der Waals surface area contributed by atoms with Crippen LogP contribution in [-0.4, -0.2) is 91.9 Å². The number of morpholine rings is 1. The monoisotopic (exact) mass is 439 g/mol. The molecule has 2 aromatic heterocycles. The smallest absolute Gasteiger partial charge is 0.336 e. The van der Waals surface area contributed by atoms with E-state index in [1.54, 1.807) is 11.8 Å². The second-order valence-corrected chi connectivity index (χ2v) is 8.32. The van der Waals surface area contributed by atoms with E-state index in [2.05, 4.69) is 25.4 Å². The lowest BCUT2D eigenvalue weighted by Gasteiger charge is -2.46. The predicted octanol–water partition coefficient (Wildman–Crippen LogP) is 0.124. The first-order valence-electron chi connectivity index (χ1n) is 10.8. The summed E-state index contributed by atoms with van der Waals surface area (Å²) in [4.78, 5) is 33.5. The number of rotatable bonds is 5. The number of likely N-dealkylation sites (tertiary alicyclic amines) is 1. The molecular formula is C21H25N7O4. The van der Waals surface area contributed by atoms with Crippen molar-refractivity contribution in [3.8, 4) is 5.82 Å². The average Bonchev–Trinajstić information content (AvgIpc) is 3.47. The van der Waals surface area contributed by atoms with Gasteiger partial charge in [0.15, 0.2) is 5.82 Å². The Bertz CT molecular complexity index is 1030. The van der Waals surface area contributed by atoms with Crippen LogP contribution in [0.5, 0.6) is 0 Å². The van der Waals surface area contributed by atoms with E-state index in [1.165, 1.54) is 11.0 Å². The zero-order valence-corrected chi connectivity index (χ0v) is 17.9. The van der Waals surface area contributed by atoms with E-state index in [4.69, 9.17) is 9.47 Å². The van der Waals surface area contributed by atoms with Crippen molar-refractivity contribution < 1.29 is 19.1 Å². The maximum Gasteiger partial charge on any atom is 0.336 e. The number of aromatic nitrogens is 5. The van der Waals surface area contributed by atoms with E-state index in [-0.39, 0.29) is 18.5 Å². The topological polar surface area (TPSA) is 116 Å². The number of carbonyl (C=O) groups excluding carboxylic acids is 2. The zero-order valence-electron chi connectivity index (χ0n) is 17.9. The van der Waals surface area contributed by atoms with Gasteiger partial charge in [0.2, 0.25) is 0 Å². The van der Waals surface area contributed by atoms with Crippen molar-refractivity contribution in [2.45, 2.75) is 31.8 Å². The van der Waals surface area contributed by atoms with E-state index in [1.807, 2.05) is 18.3 Å². The van der Waals surface area contributed by atoms with Crippen molar-refractivity contribution in [3.05, 3.63) is 41.5 Å². The van der Waals surface area contributed by atoms with Gasteiger partial charge < -0.3 is 19.3 Å². The van der Waals surface area contributed by atoms with Gasteiger partial charge in [-0.2, -0.15) is 4.68 Å². The summed E-state index contributed by atoms with van der Waals surface area (Å²) in [5.74, 6) is 0.290. The Morgan fingerprint density at radius 1 is 1.16 bits per heavy atom. The molecule has 0 N–H and O–H groups in total. The van der Waals surface area contributed by atoms with E-state index < -0.39 is 5.60 Å². The largest absolute Gasteiger partial charge is 0.456 e. The highest BCUT2D eigenvalue weighted by Crippen LogP contribution is 2.34. The number of esters is 1. The number of ether oxygens (including phenoxy) is 2. The lowest BCUT2D eigenvalue weighted by Crippen LogP contribution is -2.60. The van der Waals surface area contributed by atoms with Crippen LogP contribution in [-0.2, 0) is 25.5 Å². The third-order valence-corrected chi connectivity index (χ3v) is 6.51. The van der Waals surface area contributed by atoms with Gasteiger partial charge in [0.1, 0.15) is 18.5 Å². The predicted molar refractivity (Wildman–Crippen MR) is 110 cm³/mol. The molecule has 0 radical (unpaired) electrons. The molecule has 11 heteroatoms. The first-order valence-corrected chi connectivity index (χ1v) is 10.8. The van der Waals surface area contributed by atoms with Crippen molar-refractivity contribution in [1.29, 1.82) is 0 Å². The lowest BCUT2D eigenvalue weighted by molar-refractivity contribution is -0.177. The molecule has 0 atom stereocenters. The lowest BCUT2D eigenvalue weighted by atomic mass is 9.88. The van der Waals surface area contributed by atoms with Crippen molar-refractivity contribution in [1.82, 2.24) is 35.0 Å². The number of amides is 1. The molecule has 0 unspecified atom stereocenters. The van der Waals surface area contributed by atoms with Gasteiger partial charge in [0.05, 0.1) is 17.9 Å². The number of pyridine rings is 1. The number of piperidine rings is 1. The number of hydrogen-bond donors (Lipinski definition) is 0. The summed E-state index contributed by atoms with van der Waals surface area (Å²) in [5, 5.41) is 11.1. The first kappa shape index (κ1) is 20.7. The van der Waals surface area contributed by atoms with Crippen molar-refractivity contribution in [3.63, 3.8) is 0 Å². The summed E-state index contributed by atoms with van der Waals surface area (Å²) < 4.78 is 12.7. The highest BCUT2D eigenvalue weighted by atomic mass is 16.5. The molecule has 168 valence electrons. The molecular weight excluding hydrogens is 414 g/mol. The highest BCUT2D eigenvalue weighted by molar-refractivity contribution is 5.94. The van der Waals surface area contributed by atoms with E-state index in [0.29, 0.717) is 43.1 Å². The van der Waals surface area contributed by atoms with Gasteiger partial charge in [-0.3, -0.25) is 4.79 Å². The van der Waals surface area contributed by atoms with Crippen molar-refractivity contribution in [2.24, 2.45) is 0 Å². The second-order valence-electron chi connectivity index (χ2n) is 8.32. The first-order chi connectivity index (χ1) is 15.6. The summed E-state index contributed by atoms with van der Waals surface area (Å²) in [5.41, 5.74) is 1.53. The molecule has 5 rings (SSSR count). The highest BCUT2D eigenvalue weighted by Gasteiger charge is 2.48. The molecule has 11 nitrogen and oxygen atoms in total. The fourth-order valence-electron chi connectivity index (χ4n) is 4.50. The summed E-state index contributed by atoms with van der Waals surface area (Å²) in [6.07, 6.45) is 5.49. The van der Waals surface area contributed by atoms with E-state index >= 15 is 0 Å². The molecule has 32 heavy (non-hydrogen) atoms. The van der Waals surface area contributed by atoms with Crippen molar-refractivity contribution >= 4 is 11.9 Å². The summed E-state index contributed by atoms with van der Waals surface area (Å²) >= 11 is 0. The maximum atomic E-state index is 13.3. The molecule has 5 heterocycles. The molecule has 0 aliphatic carbocycles. The van der Waals surface area contributed by atoms with Gasteiger partial charge in [-0.05, 0) is 48.2 Å². The summed E-state index contributed by atoms with van der Waals surface area (Å²) in [6, 6.07) is 3.93. The standard InChI is InChI=1S/C21H25N7O4/c1-15-17(13-31-19(15)29)27-10-11-32-21(20(27)30)5-8-26(9-6-21)7-4-16-2-3-18(22-12-16)28-14-23-24-25-28/h2-3,12,14H,4-11,13H2,1H3. The second kappa shape index (κ2) is 8.40. The number of hydrogen-bond acceptors (Lipinski definition) is 9. The molecule has 0 saturated carbocycles. The third kappa shape index (κ3) is 3.78. The summed E-state index contributed by atoms with van der Waals surface area (Å²) in [7, 11) is 0. The third-order valence-electron chi connectivity index (χ3n) is 6.51. The van der Waals surface area contributed by atoms with Gasteiger partial charge in [-0.1, -0.05) is 6.07 Å². The minimum Gasteiger partial charge on any atom is -0.456 e. The maximum absolute atomic E-state index is 13.3. The Balaban J connectivity index is 1.17. The molecule has 0 aromatic carbocycles. The van der Waals surface area contributed by atoms with Crippen LogP contribution in [0, 0.1) is 0 Å². The Morgan fingerprint density at radius 3 is 2.66 bits per heavy atom. The van der Waals surface area contributed by atoms with Crippen LogP contribution >= 0.6 is 0 Å². The molecule has 0 bridgehead atoms. The number of nitrogens with zero attached hydrogens (tertiary/aromatic N) is 7. The van der Waals surface area contributed by atoms with Crippen LogP contribution in [0.4, 0.5) is 0 Å². The van der Waals surface area contributed by atoms with Crippen LogP contribution in [0.1, 0.15) is 25.3 Å². The normalized spacial score (nSPS) is 21.5. The van der Waals surface area contributed by atoms with E-state index in [9.17, 15) is 9.59 Å². The quantitative estimate of drug-likeness (QED) is 0.599. The number of cyclic esters (lactones) is 1. The summed E-state index contributed by atoms with van der Waals surface area (Å²) in [6.45, 7) is 5.25. The van der Waals surface area contributed by atoms with Crippen LogP contribution in [0.15, 0.2) is 35.9 Å². The number of carbonyl (C=O) groups is 2. The molecule has 1 amide bonds. The van der Waals surface area contributed by atoms with E-state index in [0.717, 1.165) is 31.6 Å². The van der Waals surface area contributed by atoms with Crippen molar-refractivity contribution in [2.75, 3.05) is 39.4 Å². The Labute approximate surface area is 185 Å². The van der Waals surface area contributed by atoms with Crippen LogP contribution < -0.4 is 0 Å². The van der Waals surface area contributed by atoms with Gasteiger partial charge in [-0.25, -0.2) is 9.78 Å².